The Morgan fingerprint density at radius 3 is 2.67 bits per heavy atom. The number of hydrogen-bond acceptors (Lipinski definition) is 3. The van der Waals surface area contributed by atoms with Gasteiger partial charge in [0.1, 0.15) is 4.60 Å². The van der Waals surface area contributed by atoms with E-state index < -0.39 is 0 Å². The molecule has 0 aliphatic heterocycles. The number of halogens is 2. The summed E-state index contributed by atoms with van der Waals surface area (Å²) < 4.78 is 3.71. The lowest BCUT2D eigenvalue weighted by molar-refractivity contribution is 1.10. The van der Waals surface area contributed by atoms with Crippen molar-refractivity contribution >= 4 is 49.0 Å². The van der Waals surface area contributed by atoms with Gasteiger partial charge in [-0.3, -0.25) is 0 Å². The Hall–Kier alpha value is -1.40. The highest BCUT2D eigenvalue weighted by Crippen LogP contribution is 2.22. The predicted octanol–water partition coefficient (Wildman–Crippen LogP) is 4.00. The molecule has 0 atom stereocenters. The van der Waals surface area contributed by atoms with Crippen molar-refractivity contribution in [1.29, 1.82) is 0 Å². The Bertz CT molecular complexity index is 691. The van der Waals surface area contributed by atoms with E-state index in [0.29, 0.717) is 0 Å². The Balaban J connectivity index is 2.03. The lowest BCUT2D eigenvalue weighted by Gasteiger charge is -2.07. The van der Waals surface area contributed by atoms with Crippen molar-refractivity contribution in [3.05, 3.63) is 51.9 Å². The van der Waals surface area contributed by atoms with Crippen molar-refractivity contribution < 1.29 is 0 Å². The minimum Gasteiger partial charge on any atom is -0.337 e. The molecule has 3 aromatic rings. The van der Waals surface area contributed by atoms with Crippen LogP contribution in [0, 0.1) is 0 Å². The zero-order chi connectivity index (χ0) is 12.5. The first-order valence-electron chi connectivity index (χ1n) is 5.24. The van der Waals surface area contributed by atoms with Gasteiger partial charge < -0.3 is 9.72 Å². The standard InChI is InChI=1S/C12H8Br2N4/c13-8-1-3-9(4-2-8)16-11-12-15-5-6-18(12)7-10(14)17-11/h1-7H,(H,16,17). The Morgan fingerprint density at radius 2 is 1.89 bits per heavy atom. The zero-order valence-electron chi connectivity index (χ0n) is 9.14. The minimum absolute atomic E-state index is 0.719. The van der Waals surface area contributed by atoms with E-state index in [1.807, 2.05) is 41.1 Å². The van der Waals surface area contributed by atoms with E-state index in [4.69, 9.17) is 0 Å². The summed E-state index contributed by atoms with van der Waals surface area (Å²) >= 11 is 6.79. The minimum atomic E-state index is 0.719. The molecule has 0 amide bonds. The van der Waals surface area contributed by atoms with E-state index >= 15 is 0 Å². The fourth-order valence-corrected chi connectivity index (χ4v) is 2.32. The first kappa shape index (κ1) is 11.7. The van der Waals surface area contributed by atoms with Gasteiger partial charge >= 0.3 is 0 Å². The Kier molecular flexibility index (Phi) is 3.05. The summed E-state index contributed by atoms with van der Waals surface area (Å²) in [5.41, 5.74) is 1.76. The highest BCUT2D eigenvalue weighted by Gasteiger charge is 2.06. The molecular weight excluding hydrogens is 360 g/mol. The van der Waals surface area contributed by atoms with E-state index in [0.717, 1.165) is 26.2 Å². The molecule has 0 fully saturated rings. The average Bonchev–Trinajstić information content (AvgIpc) is 2.80. The van der Waals surface area contributed by atoms with Gasteiger partial charge in [-0.1, -0.05) is 15.9 Å². The van der Waals surface area contributed by atoms with Crippen LogP contribution in [0.3, 0.4) is 0 Å². The molecule has 0 aliphatic carbocycles. The largest absolute Gasteiger partial charge is 0.337 e. The van der Waals surface area contributed by atoms with Crippen LogP contribution in [-0.4, -0.2) is 14.4 Å². The number of nitrogens with one attached hydrogen (secondary N) is 1. The van der Waals surface area contributed by atoms with E-state index in [2.05, 4.69) is 47.1 Å². The van der Waals surface area contributed by atoms with Gasteiger partial charge in [-0.15, -0.1) is 0 Å². The summed E-state index contributed by atoms with van der Waals surface area (Å²) in [6.07, 6.45) is 5.50. The fourth-order valence-electron chi connectivity index (χ4n) is 1.65. The number of hydrogen-bond donors (Lipinski definition) is 1. The molecule has 0 saturated carbocycles. The zero-order valence-corrected chi connectivity index (χ0v) is 12.3. The average molecular weight is 368 g/mol. The SMILES string of the molecule is Brc1ccc(Nc2nc(Br)cn3ccnc23)cc1. The van der Waals surface area contributed by atoms with Crippen molar-refractivity contribution in [2.75, 3.05) is 5.32 Å². The molecule has 1 aromatic carbocycles. The van der Waals surface area contributed by atoms with Crippen LogP contribution in [0.1, 0.15) is 0 Å². The first-order valence-corrected chi connectivity index (χ1v) is 6.83. The summed E-state index contributed by atoms with van der Waals surface area (Å²) in [6, 6.07) is 7.91. The maximum absolute atomic E-state index is 4.40. The lowest BCUT2D eigenvalue weighted by atomic mass is 10.3. The van der Waals surface area contributed by atoms with Crippen LogP contribution in [0.25, 0.3) is 5.65 Å². The molecule has 2 aromatic heterocycles. The molecule has 2 heterocycles. The van der Waals surface area contributed by atoms with Crippen LogP contribution in [0.4, 0.5) is 11.5 Å². The van der Waals surface area contributed by atoms with E-state index in [-0.39, 0.29) is 0 Å². The Labute approximate surface area is 120 Å². The first-order chi connectivity index (χ1) is 8.72. The molecule has 6 heteroatoms. The van der Waals surface area contributed by atoms with Gasteiger partial charge in [0.15, 0.2) is 11.5 Å². The van der Waals surface area contributed by atoms with Crippen LogP contribution in [-0.2, 0) is 0 Å². The molecule has 0 unspecified atom stereocenters. The normalized spacial score (nSPS) is 10.8. The number of fused-ring (bicyclic) bond motifs is 1. The maximum atomic E-state index is 4.40. The summed E-state index contributed by atoms with van der Waals surface area (Å²) in [5.74, 6) is 0.719. The highest BCUT2D eigenvalue weighted by atomic mass is 79.9. The summed E-state index contributed by atoms with van der Waals surface area (Å²) in [7, 11) is 0. The fraction of sp³-hybridized carbons (Fsp3) is 0. The molecule has 90 valence electrons. The van der Waals surface area contributed by atoms with Crippen molar-refractivity contribution in [2.24, 2.45) is 0 Å². The number of benzene rings is 1. The maximum Gasteiger partial charge on any atom is 0.180 e. The molecule has 0 saturated heterocycles. The van der Waals surface area contributed by atoms with Crippen LogP contribution in [0.5, 0.6) is 0 Å². The van der Waals surface area contributed by atoms with E-state index in [1.54, 1.807) is 6.20 Å². The quantitative estimate of drug-likeness (QED) is 0.744. The van der Waals surface area contributed by atoms with Gasteiger partial charge in [0, 0.05) is 28.8 Å². The summed E-state index contributed by atoms with van der Waals surface area (Å²) in [5, 5.41) is 3.26. The number of imidazole rings is 1. The van der Waals surface area contributed by atoms with Crippen LogP contribution < -0.4 is 5.32 Å². The second kappa shape index (κ2) is 4.70. The van der Waals surface area contributed by atoms with Crippen LogP contribution in [0.2, 0.25) is 0 Å². The molecule has 0 radical (unpaired) electrons. The summed E-state index contributed by atoms with van der Waals surface area (Å²) in [6.45, 7) is 0. The van der Waals surface area contributed by atoms with E-state index in [1.165, 1.54) is 0 Å². The van der Waals surface area contributed by atoms with Gasteiger partial charge in [-0.2, -0.15) is 0 Å². The number of aromatic nitrogens is 3. The third-order valence-electron chi connectivity index (χ3n) is 2.45. The van der Waals surface area contributed by atoms with Crippen molar-refractivity contribution in [1.82, 2.24) is 14.4 Å². The second-order valence-corrected chi connectivity index (χ2v) is 5.43. The predicted molar refractivity (Wildman–Crippen MR) is 78.1 cm³/mol. The number of nitrogens with zero attached hydrogens (tertiary/aromatic N) is 3. The lowest BCUT2D eigenvalue weighted by Crippen LogP contribution is -1.98. The van der Waals surface area contributed by atoms with Crippen molar-refractivity contribution in [3.63, 3.8) is 0 Å². The van der Waals surface area contributed by atoms with Gasteiger partial charge in [0.2, 0.25) is 0 Å². The molecule has 0 bridgehead atoms. The molecule has 1 N–H and O–H groups in total. The highest BCUT2D eigenvalue weighted by molar-refractivity contribution is 9.10. The van der Waals surface area contributed by atoms with Gasteiger partial charge in [-0.05, 0) is 40.2 Å². The smallest absolute Gasteiger partial charge is 0.180 e. The third kappa shape index (κ3) is 2.26. The van der Waals surface area contributed by atoms with Crippen molar-refractivity contribution in [2.45, 2.75) is 0 Å². The summed E-state index contributed by atoms with van der Waals surface area (Å²) in [4.78, 5) is 8.68. The van der Waals surface area contributed by atoms with E-state index in [9.17, 15) is 0 Å². The number of anilines is 2. The third-order valence-corrected chi connectivity index (χ3v) is 3.36. The van der Waals surface area contributed by atoms with Gasteiger partial charge in [0.25, 0.3) is 0 Å². The number of rotatable bonds is 2. The molecule has 4 nitrogen and oxygen atoms in total. The molecule has 18 heavy (non-hydrogen) atoms. The molecule has 0 spiro atoms. The van der Waals surface area contributed by atoms with Crippen LogP contribution in [0.15, 0.2) is 51.9 Å². The second-order valence-electron chi connectivity index (χ2n) is 3.70. The van der Waals surface area contributed by atoms with Crippen molar-refractivity contribution in [3.8, 4) is 0 Å². The molecule has 3 rings (SSSR count). The monoisotopic (exact) mass is 366 g/mol. The molecular formula is C12H8Br2N4. The van der Waals surface area contributed by atoms with Gasteiger partial charge in [0.05, 0.1) is 0 Å². The van der Waals surface area contributed by atoms with Gasteiger partial charge in [-0.25, -0.2) is 9.97 Å². The molecule has 0 aliphatic rings. The van der Waals surface area contributed by atoms with Crippen LogP contribution >= 0.6 is 31.9 Å². The topological polar surface area (TPSA) is 42.2 Å². The Morgan fingerprint density at radius 1 is 1.11 bits per heavy atom.